The van der Waals surface area contributed by atoms with Gasteiger partial charge in [-0.3, -0.25) is 29.8 Å². The van der Waals surface area contributed by atoms with Gasteiger partial charge in [0.2, 0.25) is 0 Å². The van der Waals surface area contributed by atoms with Crippen molar-refractivity contribution in [2.45, 2.75) is 18.0 Å². The van der Waals surface area contributed by atoms with Gasteiger partial charge in [-0.25, -0.2) is 5.01 Å². The van der Waals surface area contributed by atoms with E-state index in [1.54, 1.807) is 24.3 Å². The van der Waals surface area contributed by atoms with Crippen LogP contribution < -0.4 is 5.43 Å². The van der Waals surface area contributed by atoms with E-state index in [0.717, 1.165) is 5.56 Å². The molecule has 4 rings (SSSR count). The molecule has 1 aromatic heterocycles. The van der Waals surface area contributed by atoms with Crippen LogP contribution in [0.5, 0.6) is 0 Å². The van der Waals surface area contributed by atoms with E-state index in [-0.39, 0.29) is 12.2 Å². The third-order valence-electron chi connectivity index (χ3n) is 4.61. The number of nitro groups is 1. The molecule has 1 aliphatic rings. The summed E-state index contributed by atoms with van der Waals surface area (Å²) < 4.78 is 1.40. The Morgan fingerprint density at radius 3 is 2.66 bits per heavy atom. The highest BCUT2D eigenvalue weighted by Gasteiger charge is 2.48. The Morgan fingerprint density at radius 1 is 1.24 bits per heavy atom. The molecule has 0 radical (unpaired) electrons. The first-order valence-corrected chi connectivity index (χ1v) is 9.28. The maximum Gasteiger partial charge on any atom is 0.270 e. The van der Waals surface area contributed by atoms with Gasteiger partial charge >= 0.3 is 0 Å². The van der Waals surface area contributed by atoms with Crippen molar-refractivity contribution in [3.63, 3.8) is 0 Å². The van der Waals surface area contributed by atoms with Gasteiger partial charge in [0, 0.05) is 22.5 Å². The van der Waals surface area contributed by atoms with Crippen LogP contribution in [0.25, 0.3) is 10.9 Å². The number of nitrogens with one attached hydrogen (secondary N) is 1. The molecule has 11 heteroatoms. The monoisotopic (exact) mass is 433 g/mol. The van der Waals surface area contributed by atoms with Gasteiger partial charge in [-0.15, -0.1) is 11.6 Å². The van der Waals surface area contributed by atoms with Crippen molar-refractivity contribution in [1.29, 1.82) is 0 Å². The van der Waals surface area contributed by atoms with Gasteiger partial charge in [0.05, 0.1) is 16.6 Å². The molecule has 2 heterocycles. The number of hydrogen-bond acceptors (Lipinski definition) is 5. The number of amides is 2. The van der Waals surface area contributed by atoms with Crippen LogP contribution >= 0.6 is 23.2 Å². The summed E-state index contributed by atoms with van der Waals surface area (Å²) in [5.74, 6) is -0.898. The number of benzene rings is 2. The number of halogens is 2. The lowest BCUT2D eigenvalue weighted by Crippen LogP contribution is -2.63. The van der Waals surface area contributed by atoms with Crippen molar-refractivity contribution in [2.24, 2.45) is 0 Å². The maximum atomic E-state index is 12.5. The van der Waals surface area contributed by atoms with Crippen LogP contribution in [0, 0.1) is 10.1 Å². The summed E-state index contributed by atoms with van der Waals surface area (Å²) in [6.07, 6.45) is 1.44. The van der Waals surface area contributed by atoms with Gasteiger partial charge < -0.3 is 0 Å². The number of non-ortho nitro benzene ring substituents is 1. The molecule has 0 spiro atoms. The highest BCUT2D eigenvalue weighted by Crippen LogP contribution is 2.37. The Kier molecular flexibility index (Phi) is 4.85. The molecule has 0 aliphatic carbocycles. The number of fused-ring (bicyclic) bond motifs is 1. The summed E-state index contributed by atoms with van der Waals surface area (Å²) in [4.78, 5) is 35.0. The van der Waals surface area contributed by atoms with Crippen LogP contribution in [0.15, 0.2) is 48.7 Å². The second-order valence-corrected chi connectivity index (χ2v) is 7.35. The molecule has 1 aliphatic heterocycles. The predicted octanol–water partition coefficient (Wildman–Crippen LogP) is 2.82. The summed E-state index contributed by atoms with van der Waals surface area (Å²) in [7, 11) is 0. The van der Waals surface area contributed by atoms with Gasteiger partial charge in [-0.2, -0.15) is 5.10 Å². The summed E-state index contributed by atoms with van der Waals surface area (Å²) in [6.45, 7) is -0.175. The lowest BCUT2D eigenvalue weighted by Gasteiger charge is -2.43. The molecule has 2 atom stereocenters. The van der Waals surface area contributed by atoms with Crippen molar-refractivity contribution in [2.75, 3.05) is 0 Å². The van der Waals surface area contributed by atoms with Gasteiger partial charge in [-0.05, 0) is 23.8 Å². The smallest absolute Gasteiger partial charge is 0.270 e. The molecule has 1 saturated heterocycles. The number of nitro benzene ring substituents is 1. The first kappa shape index (κ1) is 19.2. The zero-order valence-corrected chi connectivity index (χ0v) is 16.2. The zero-order chi connectivity index (χ0) is 20.7. The number of carbonyl (C=O) groups excluding carboxylic acids is 2. The highest BCUT2D eigenvalue weighted by molar-refractivity contribution is 6.33. The minimum Gasteiger partial charge on any atom is -0.271 e. The number of β-lactam (4-membered cyclic amide) rings is 1. The summed E-state index contributed by atoms with van der Waals surface area (Å²) >= 11 is 12.0. The second-order valence-electron chi connectivity index (χ2n) is 6.44. The van der Waals surface area contributed by atoms with E-state index in [1.807, 2.05) is 0 Å². The van der Waals surface area contributed by atoms with Crippen LogP contribution in [0.3, 0.4) is 0 Å². The molecular formula is C18H13Cl2N5O4. The van der Waals surface area contributed by atoms with E-state index in [2.05, 4.69) is 10.5 Å². The van der Waals surface area contributed by atoms with Crippen LogP contribution in [-0.4, -0.2) is 36.9 Å². The van der Waals surface area contributed by atoms with E-state index in [9.17, 15) is 19.7 Å². The first-order chi connectivity index (χ1) is 13.8. The average molecular weight is 434 g/mol. The summed E-state index contributed by atoms with van der Waals surface area (Å²) in [5, 5.41) is 16.4. The molecule has 1 fully saturated rings. The molecule has 2 unspecified atom stereocenters. The van der Waals surface area contributed by atoms with Crippen molar-refractivity contribution in [3.8, 4) is 0 Å². The third kappa shape index (κ3) is 3.50. The normalized spacial score (nSPS) is 18.6. The zero-order valence-electron chi connectivity index (χ0n) is 14.7. The molecule has 2 amide bonds. The van der Waals surface area contributed by atoms with E-state index < -0.39 is 28.2 Å². The Balaban J connectivity index is 1.49. The van der Waals surface area contributed by atoms with E-state index in [1.165, 1.54) is 34.1 Å². The van der Waals surface area contributed by atoms with Gasteiger partial charge in [0.15, 0.2) is 0 Å². The number of aromatic nitrogens is 2. The highest BCUT2D eigenvalue weighted by atomic mass is 35.5. The summed E-state index contributed by atoms with van der Waals surface area (Å²) in [6, 6.07) is 10.6. The summed E-state index contributed by atoms with van der Waals surface area (Å²) in [5.41, 5.74) is 3.79. The molecular weight excluding hydrogens is 421 g/mol. The fourth-order valence-corrected chi connectivity index (χ4v) is 3.67. The van der Waals surface area contributed by atoms with Crippen LogP contribution in [0.4, 0.5) is 5.69 Å². The number of alkyl halides is 1. The molecule has 148 valence electrons. The molecule has 9 nitrogen and oxygen atoms in total. The van der Waals surface area contributed by atoms with Gasteiger partial charge in [0.25, 0.3) is 17.5 Å². The van der Waals surface area contributed by atoms with Crippen LogP contribution in [0.2, 0.25) is 5.02 Å². The molecule has 29 heavy (non-hydrogen) atoms. The quantitative estimate of drug-likeness (QED) is 0.287. The number of hydrogen-bond donors (Lipinski definition) is 1. The predicted molar refractivity (Wildman–Crippen MR) is 105 cm³/mol. The molecule has 1 N–H and O–H groups in total. The standard InChI is InChI=1S/C18H13Cl2N5O4/c19-12-3-1-10(2-4-12)17-16(20)18(27)24(17)22-15(26)9-23-14-6-5-13(25(28)29)7-11(14)8-21-23/h1-8,16-17H,9H2,(H,22,26). The van der Waals surface area contributed by atoms with Crippen molar-refractivity contribution < 1.29 is 14.5 Å². The first-order valence-electron chi connectivity index (χ1n) is 8.47. The van der Waals surface area contributed by atoms with Gasteiger partial charge in [0.1, 0.15) is 18.0 Å². The lowest BCUT2D eigenvalue weighted by atomic mass is 9.95. The molecule has 0 saturated carbocycles. The Labute approximate surface area is 173 Å². The lowest BCUT2D eigenvalue weighted by molar-refractivity contribution is -0.384. The third-order valence-corrected chi connectivity index (χ3v) is 5.29. The average Bonchev–Trinajstić information content (AvgIpc) is 3.10. The number of hydrazine groups is 1. The van der Waals surface area contributed by atoms with Crippen molar-refractivity contribution in [1.82, 2.24) is 20.2 Å². The van der Waals surface area contributed by atoms with E-state index in [4.69, 9.17) is 23.2 Å². The largest absolute Gasteiger partial charge is 0.271 e. The Bertz CT molecular complexity index is 1130. The molecule has 0 bridgehead atoms. The van der Waals surface area contributed by atoms with Crippen molar-refractivity contribution >= 4 is 51.6 Å². The SMILES string of the molecule is O=C(Cn1ncc2cc([N+](=O)[O-])ccc21)NN1C(=O)C(Cl)C1c1ccc(Cl)cc1. The topological polar surface area (TPSA) is 110 Å². The fraction of sp³-hybridized carbons (Fsp3) is 0.167. The van der Waals surface area contributed by atoms with Crippen LogP contribution in [-0.2, 0) is 16.1 Å². The number of rotatable bonds is 5. The maximum absolute atomic E-state index is 12.5. The number of nitrogens with zero attached hydrogens (tertiary/aromatic N) is 4. The van der Waals surface area contributed by atoms with Crippen LogP contribution in [0.1, 0.15) is 11.6 Å². The minimum atomic E-state index is -0.789. The Hall–Kier alpha value is -3.17. The van der Waals surface area contributed by atoms with E-state index >= 15 is 0 Å². The second kappa shape index (κ2) is 7.34. The minimum absolute atomic E-state index is 0.0633. The van der Waals surface area contributed by atoms with E-state index in [0.29, 0.717) is 15.9 Å². The van der Waals surface area contributed by atoms with Crippen molar-refractivity contribution in [3.05, 3.63) is 69.4 Å². The molecule has 2 aromatic carbocycles. The fourth-order valence-electron chi connectivity index (χ4n) is 3.18. The van der Waals surface area contributed by atoms with Gasteiger partial charge in [-0.1, -0.05) is 23.7 Å². The molecule has 3 aromatic rings. The number of carbonyl (C=O) groups is 2. The Morgan fingerprint density at radius 2 is 1.97 bits per heavy atom.